The van der Waals surface area contributed by atoms with Crippen LogP contribution in [0.1, 0.15) is 0 Å². The van der Waals surface area contributed by atoms with Crippen molar-refractivity contribution < 1.29 is 0 Å². The molecule has 2 heterocycles. The van der Waals surface area contributed by atoms with E-state index in [2.05, 4.69) is 56.8 Å². The highest BCUT2D eigenvalue weighted by Gasteiger charge is 2.04. The molecular formula is C16H11IN2. The Labute approximate surface area is 125 Å². The van der Waals surface area contributed by atoms with Crippen molar-refractivity contribution in [3.63, 3.8) is 0 Å². The monoisotopic (exact) mass is 358 g/mol. The van der Waals surface area contributed by atoms with Crippen LogP contribution < -0.4 is 0 Å². The Morgan fingerprint density at radius 2 is 1.42 bits per heavy atom. The number of benzene rings is 1. The van der Waals surface area contributed by atoms with Crippen molar-refractivity contribution in [2.45, 2.75) is 0 Å². The molecule has 0 atom stereocenters. The van der Waals surface area contributed by atoms with Gasteiger partial charge in [0.2, 0.25) is 0 Å². The van der Waals surface area contributed by atoms with Crippen molar-refractivity contribution in [1.29, 1.82) is 0 Å². The normalized spacial score (nSPS) is 10.4. The van der Waals surface area contributed by atoms with Gasteiger partial charge in [-0.3, -0.25) is 9.97 Å². The molecule has 0 aliphatic carbocycles. The summed E-state index contributed by atoms with van der Waals surface area (Å²) >= 11 is 2.35. The molecule has 0 radical (unpaired) electrons. The molecular weight excluding hydrogens is 347 g/mol. The van der Waals surface area contributed by atoms with E-state index >= 15 is 0 Å². The second-order valence-corrected chi connectivity index (χ2v) is 5.45. The number of rotatable bonds is 2. The lowest BCUT2D eigenvalue weighted by Gasteiger charge is -2.07. The van der Waals surface area contributed by atoms with E-state index in [0.717, 1.165) is 5.56 Å². The predicted molar refractivity (Wildman–Crippen MR) is 85.6 cm³/mol. The summed E-state index contributed by atoms with van der Waals surface area (Å²) in [5.41, 5.74) is 4.70. The summed E-state index contributed by atoms with van der Waals surface area (Å²) in [6, 6.07) is 14.6. The topological polar surface area (TPSA) is 25.8 Å². The maximum absolute atomic E-state index is 4.18. The average molecular weight is 358 g/mol. The molecule has 0 unspecified atom stereocenters. The fourth-order valence-corrected chi connectivity index (χ4v) is 2.67. The lowest BCUT2D eigenvalue weighted by atomic mass is 10.0. The van der Waals surface area contributed by atoms with Gasteiger partial charge < -0.3 is 0 Å². The van der Waals surface area contributed by atoms with Gasteiger partial charge in [0.1, 0.15) is 0 Å². The quantitative estimate of drug-likeness (QED) is 0.634. The zero-order valence-electron chi connectivity index (χ0n) is 10.1. The van der Waals surface area contributed by atoms with E-state index in [-0.39, 0.29) is 0 Å². The van der Waals surface area contributed by atoms with Crippen LogP contribution in [0.25, 0.3) is 22.3 Å². The lowest BCUT2D eigenvalue weighted by molar-refractivity contribution is 1.32. The number of hydrogen-bond acceptors (Lipinski definition) is 2. The lowest BCUT2D eigenvalue weighted by Crippen LogP contribution is -1.85. The number of pyridine rings is 2. The van der Waals surface area contributed by atoms with Crippen molar-refractivity contribution in [1.82, 2.24) is 9.97 Å². The molecule has 19 heavy (non-hydrogen) atoms. The first-order valence-corrected chi connectivity index (χ1v) is 7.02. The molecule has 92 valence electrons. The van der Waals surface area contributed by atoms with E-state index in [1.54, 1.807) is 6.20 Å². The molecule has 0 aliphatic rings. The van der Waals surface area contributed by atoms with Crippen LogP contribution in [-0.2, 0) is 0 Å². The molecule has 3 aromatic rings. The molecule has 1 aromatic carbocycles. The Morgan fingerprint density at radius 3 is 2.11 bits per heavy atom. The van der Waals surface area contributed by atoms with Crippen LogP contribution in [0.5, 0.6) is 0 Å². The SMILES string of the molecule is Ic1cc(-c2ccncc2)cc(-c2cccnc2)c1. The Kier molecular flexibility index (Phi) is 3.55. The number of halogens is 1. The van der Waals surface area contributed by atoms with Gasteiger partial charge in [-0.2, -0.15) is 0 Å². The van der Waals surface area contributed by atoms with Crippen molar-refractivity contribution in [3.05, 3.63) is 70.8 Å². The van der Waals surface area contributed by atoms with Crippen LogP contribution in [0.15, 0.2) is 67.3 Å². The zero-order valence-corrected chi connectivity index (χ0v) is 12.3. The molecule has 0 saturated heterocycles. The number of aromatic nitrogens is 2. The second-order valence-electron chi connectivity index (χ2n) is 4.21. The molecule has 0 amide bonds. The van der Waals surface area contributed by atoms with Crippen LogP contribution in [-0.4, -0.2) is 9.97 Å². The second kappa shape index (κ2) is 5.48. The molecule has 0 fully saturated rings. The summed E-state index contributed by atoms with van der Waals surface area (Å²) in [4.78, 5) is 8.24. The van der Waals surface area contributed by atoms with Gasteiger partial charge in [-0.1, -0.05) is 6.07 Å². The summed E-state index contributed by atoms with van der Waals surface area (Å²) in [6.45, 7) is 0. The van der Waals surface area contributed by atoms with Crippen LogP contribution >= 0.6 is 22.6 Å². The Balaban J connectivity index is 2.12. The summed E-state index contributed by atoms with van der Waals surface area (Å²) < 4.78 is 1.21. The fourth-order valence-electron chi connectivity index (χ4n) is 2.00. The van der Waals surface area contributed by atoms with Gasteiger partial charge in [-0.25, -0.2) is 0 Å². The molecule has 3 rings (SSSR count). The summed E-state index contributed by atoms with van der Waals surface area (Å²) in [6.07, 6.45) is 7.32. The van der Waals surface area contributed by atoms with Crippen LogP contribution in [0, 0.1) is 3.57 Å². The minimum absolute atomic E-state index is 1.14. The van der Waals surface area contributed by atoms with Gasteiger partial charge in [0, 0.05) is 33.9 Å². The molecule has 0 N–H and O–H groups in total. The first-order valence-electron chi connectivity index (χ1n) is 5.94. The molecule has 2 aromatic heterocycles. The van der Waals surface area contributed by atoms with Gasteiger partial charge >= 0.3 is 0 Å². The Bertz CT molecular complexity index is 624. The van der Waals surface area contributed by atoms with E-state index in [1.807, 2.05) is 36.8 Å². The standard InChI is InChI=1S/C16H11IN2/c17-16-9-14(12-3-6-18-7-4-12)8-15(10-16)13-2-1-5-19-11-13/h1-11H. The Hall–Kier alpha value is -1.75. The molecule has 2 nitrogen and oxygen atoms in total. The fraction of sp³-hybridized carbons (Fsp3) is 0. The van der Waals surface area contributed by atoms with E-state index in [0.29, 0.717) is 0 Å². The van der Waals surface area contributed by atoms with Crippen molar-refractivity contribution in [2.24, 2.45) is 0 Å². The highest BCUT2D eigenvalue weighted by molar-refractivity contribution is 14.1. The molecule has 0 saturated carbocycles. The van der Waals surface area contributed by atoms with Gasteiger partial charge in [0.05, 0.1) is 0 Å². The van der Waals surface area contributed by atoms with Gasteiger partial charge in [-0.05, 0) is 75.7 Å². The van der Waals surface area contributed by atoms with E-state index in [9.17, 15) is 0 Å². The van der Waals surface area contributed by atoms with Crippen LogP contribution in [0.3, 0.4) is 0 Å². The molecule has 0 aliphatic heterocycles. The minimum atomic E-state index is 1.14. The predicted octanol–water partition coefficient (Wildman–Crippen LogP) is 4.42. The minimum Gasteiger partial charge on any atom is -0.265 e. The van der Waals surface area contributed by atoms with E-state index < -0.39 is 0 Å². The van der Waals surface area contributed by atoms with E-state index in [1.165, 1.54) is 20.3 Å². The first kappa shape index (κ1) is 12.3. The molecule has 0 bridgehead atoms. The summed E-state index contributed by atoms with van der Waals surface area (Å²) in [7, 11) is 0. The van der Waals surface area contributed by atoms with Crippen LogP contribution in [0.4, 0.5) is 0 Å². The maximum atomic E-state index is 4.18. The number of nitrogens with zero attached hydrogens (tertiary/aromatic N) is 2. The largest absolute Gasteiger partial charge is 0.265 e. The molecule has 3 heteroatoms. The highest BCUT2D eigenvalue weighted by Crippen LogP contribution is 2.28. The smallest absolute Gasteiger partial charge is 0.0346 e. The third-order valence-electron chi connectivity index (χ3n) is 2.91. The summed E-state index contributed by atoms with van der Waals surface area (Å²) in [5.74, 6) is 0. The molecule has 0 spiro atoms. The number of hydrogen-bond donors (Lipinski definition) is 0. The average Bonchev–Trinajstić information content (AvgIpc) is 2.48. The van der Waals surface area contributed by atoms with Gasteiger partial charge in [0.25, 0.3) is 0 Å². The third kappa shape index (κ3) is 2.81. The van der Waals surface area contributed by atoms with Crippen molar-refractivity contribution in [3.8, 4) is 22.3 Å². The maximum Gasteiger partial charge on any atom is 0.0346 e. The summed E-state index contributed by atoms with van der Waals surface area (Å²) in [5, 5.41) is 0. The van der Waals surface area contributed by atoms with Crippen LogP contribution in [0.2, 0.25) is 0 Å². The van der Waals surface area contributed by atoms with Crippen molar-refractivity contribution >= 4 is 22.6 Å². The Morgan fingerprint density at radius 1 is 0.684 bits per heavy atom. The van der Waals surface area contributed by atoms with Crippen molar-refractivity contribution in [2.75, 3.05) is 0 Å². The highest BCUT2D eigenvalue weighted by atomic mass is 127. The van der Waals surface area contributed by atoms with E-state index in [4.69, 9.17) is 0 Å². The van der Waals surface area contributed by atoms with Gasteiger partial charge in [-0.15, -0.1) is 0 Å². The first-order chi connectivity index (χ1) is 9.33. The third-order valence-corrected chi connectivity index (χ3v) is 3.53. The van der Waals surface area contributed by atoms with Gasteiger partial charge in [0.15, 0.2) is 0 Å². The zero-order chi connectivity index (χ0) is 13.1.